The summed E-state index contributed by atoms with van der Waals surface area (Å²) in [6, 6.07) is 9.23. The zero-order chi connectivity index (χ0) is 11.5. The maximum atomic E-state index is 9.41. The van der Waals surface area contributed by atoms with E-state index in [0.29, 0.717) is 5.56 Å². The van der Waals surface area contributed by atoms with Gasteiger partial charge in [0.15, 0.2) is 0 Å². The van der Waals surface area contributed by atoms with Gasteiger partial charge in [-0.05, 0) is 47.2 Å². The molecule has 0 saturated carbocycles. The molecule has 0 fully saturated rings. The molecule has 0 aliphatic carbocycles. The van der Waals surface area contributed by atoms with Crippen LogP contribution >= 0.6 is 11.3 Å². The molecule has 2 rings (SSSR count). The Morgan fingerprint density at radius 1 is 1.38 bits per heavy atom. The molecule has 0 saturated heterocycles. The van der Waals surface area contributed by atoms with Crippen LogP contribution in [0.25, 0.3) is 10.4 Å². The fourth-order valence-electron chi connectivity index (χ4n) is 1.49. The van der Waals surface area contributed by atoms with Crippen LogP contribution in [0.15, 0.2) is 29.6 Å². The van der Waals surface area contributed by atoms with Gasteiger partial charge in [0.25, 0.3) is 0 Å². The molecular weight excluding hydrogens is 218 g/mol. The van der Waals surface area contributed by atoms with Gasteiger partial charge in [0, 0.05) is 4.88 Å². The highest BCUT2D eigenvalue weighted by molar-refractivity contribution is 7.13. The fraction of sp³-hybridized carbons (Fsp3) is 0.154. The number of thiophene rings is 1. The maximum absolute atomic E-state index is 9.41. The van der Waals surface area contributed by atoms with Crippen molar-refractivity contribution in [2.45, 2.75) is 13.3 Å². The number of phenolic OH excluding ortho intramolecular Hbond substituents is 1. The number of nitriles is 1. The van der Waals surface area contributed by atoms with Crippen LogP contribution in [-0.2, 0) is 6.42 Å². The highest BCUT2D eigenvalue weighted by atomic mass is 32.1. The Labute approximate surface area is 98.4 Å². The van der Waals surface area contributed by atoms with Crippen LogP contribution in [0, 0.1) is 11.3 Å². The molecule has 80 valence electrons. The van der Waals surface area contributed by atoms with Gasteiger partial charge in [0.2, 0.25) is 0 Å². The Morgan fingerprint density at radius 2 is 2.19 bits per heavy atom. The molecule has 1 N–H and O–H groups in total. The Kier molecular flexibility index (Phi) is 2.93. The Hall–Kier alpha value is -1.79. The van der Waals surface area contributed by atoms with Crippen LogP contribution in [0.2, 0.25) is 0 Å². The van der Waals surface area contributed by atoms with E-state index in [9.17, 15) is 5.11 Å². The van der Waals surface area contributed by atoms with Crippen molar-refractivity contribution in [1.29, 1.82) is 5.26 Å². The molecule has 0 spiro atoms. The first-order valence-corrected chi connectivity index (χ1v) is 5.93. The number of phenols is 1. The Morgan fingerprint density at radius 3 is 2.81 bits per heavy atom. The molecule has 16 heavy (non-hydrogen) atoms. The largest absolute Gasteiger partial charge is 0.507 e. The topological polar surface area (TPSA) is 44.0 Å². The molecule has 3 heteroatoms. The summed E-state index contributed by atoms with van der Waals surface area (Å²) in [5, 5.41) is 20.4. The van der Waals surface area contributed by atoms with Crippen LogP contribution < -0.4 is 0 Å². The number of nitrogens with zero attached hydrogens (tertiary/aromatic N) is 1. The van der Waals surface area contributed by atoms with Crippen LogP contribution in [0.5, 0.6) is 5.75 Å². The lowest BCUT2D eigenvalue weighted by atomic mass is 10.1. The van der Waals surface area contributed by atoms with Crippen molar-refractivity contribution < 1.29 is 5.11 Å². The molecule has 0 unspecified atom stereocenters. The third-order valence-electron chi connectivity index (χ3n) is 2.46. The predicted octanol–water partition coefficient (Wildman–Crippen LogP) is 3.55. The van der Waals surface area contributed by atoms with E-state index < -0.39 is 0 Å². The predicted molar refractivity (Wildman–Crippen MR) is 65.5 cm³/mol. The SMILES string of the molecule is CCc1csc(-c2ccc(O)c(C#N)c2)c1. The minimum absolute atomic E-state index is 0.0403. The van der Waals surface area contributed by atoms with E-state index in [-0.39, 0.29) is 5.75 Å². The smallest absolute Gasteiger partial charge is 0.133 e. The lowest BCUT2D eigenvalue weighted by Crippen LogP contribution is -1.79. The average molecular weight is 229 g/mol. The van der Waals surface area contributed by atoms with Crippen molar-refractivity contribution in [2.24, 2.45) is 0 Å². The van der Waals surface area contributed by atoms with Gasteiger partial charge in [0.1, 0.15) is 11.8 Å². The summed E-state index contributed by atoms with van der Waals surface area (Å²) in [6.45, 7) is 2.11. The molecule has 1 aromatic carbocycles. The molecule has 0 aliphatic heterocycles. The lowest BCUT2D eigenvalue weighted by molar-refractivity contribution is 0.473. The minimum atomic E-state index is 0.0403. The number of aromatic hydroxyl groups is 1. The Bertz CT molecular complexity index is 551. The second-order valence-electron chi connectivity index (χ2n) is 3.52. The third kappa shape index (κ3) is 1.93. The lowest BCUT2D eigenvalue weighted by Gasteiger charge is -1.99. The van der Waals surface area contributed by atoms with Gasteiger partial charge in [-0.1, -0.05) is 6.92 Å². The van der Waals surface area contributed by atoms with E-state index in [1.807, 2.05) is 12.1 Å². The normalized spacial score (nSPS) is 10.0. The molecule has 0 aliphatic rings. The summed E-state index contributed by atoms with van der Waals surface area (Å²) in [5.74, 6) is 0.0403. The van der Waals surface area contributed by atoms with Gasteiger partial charge in [-0.3, -0.25) is 0 Å². The van der Waals surface area contributed by atoms with E-state index in [4.69, 9.17) is 5.26 Å². The second-order valence-corrected chi connectivity index (χ2v) is 4.43. The molecule has 1 aromatic heterocycles. The summed E-state index contributed by atoms with van der Waals surface area (Å²) in [7, 11) is 0. The van der Waals surface area contributed by atoms with Gasteiger partial charge < -0.3 is 5.11 Å². The maximum Gasteiger partial charge on any atom is 0.133 e. The summed E-state index contributed by atoms with van der Waals surface area (Å²) >= 11 is 1.66. The molecule has 0 atom stereocenters. The van der Waals surface area contributed by atoms with E-state index >= 15 is 0 Å². The highest BCUT2D eigenvalue weighted by Gasteiger charge is 2.05. The first-order chi connectivity index (χ1) is 7.74. The van der Waals surface area contributed by atoms with Crippen LogP contribution in [-0.4, -0.2) is 5.11 Å². The van der Waals surface area contributed by atoms with Gasteiger partial charge >= 0.3 is 0 Å². The van der Waals surface area contributed by atoms with E-state index in [2.05, 4.69) is 18.4 Å². The fourth-order valence-corrected chi connectivity index (χ4v) is 2.49. The number of benzene rings is 1. The molecular formula is C13H11NOS. The molecule has 0 radical (unpaired) electrons. The van der Waals surface area contributed by atoms with Gasteiger partial charge in [-0.15, -0.1) is 11.3 Å². The summed E-state index contributed by atoms with van der Waals surface area (Å²) in [6.07, 6.45) is 1.01. The van der Waals surface area contributed by atoms with Crippen LogP contribution in [0.3, 0.4) is 0 Å². The third-order valence-corrected chi connectivity index (χ3v) is 3.49. The number of rotatable bonds is 2. The monoisotopic (exact) mass is 229 g/mol. The van der Waals surface area contributed by atoms with E-state index in [0.717, 1.165) is 16.9 Å². The van der Waals surface area contributed by atoms with Crippen molar-refractivity contribution in [3.8, 4) is 22.3 Å². The van der Waals surface area contributed by atoms with Crippen molar-refractivity contribution in [1.82, 2.24) is 0 Å². The molecule has 1 heterocycles. The first-order valence-electron chi connectivity index (χ1n) is 5.05. The van der Waals surface area contributed by atoms with Crippen molar-refractivity contribution >= 4 is 11.3 Å². The van der Waals surface area contributed by atoms with Gasteiger partial charge in [-0.2, -0.15) is 5.26 Å². The number of hydrogen-bond donors (Lipinski definition) is 1. The molecule has 2 aromatic rings. The van der Waals surface area contributed by atoms with Crippen LogP contribution in [0.4, 0.5) is 0 Å². The zero-order valence-corrected chi connectivity index (χ0v) is 9.71. The molecule has 2 nitrogen and oxygen atoms in total. The summed E-state index contributed by atoms with van der Waals surface area (Å²) < 4.78 is 0. The summed E-state index contributed by atoms with van der Waals surface area (Å²) in [4.78, 5) is 1.13. The second kappa shape index (κ2) is 4.38. The highest BCUT2D eigenvalue weighted by Crippen LogP contribution is 2.30. The van der Waals surface area contributed by atoms with Crippen molar-refractivity contribution in [2.75, 3.05) is 0 Å². The molecule has 0 amide bonds. The first kappa shape index (κ1) is 10.7. The quantitative estimate of drug-likeness (QED) is 0.855. The van der Waals surface area contributed by atoms with Crippen molar-refractivity contribution in [3.05, 3.63) is 40.8 Å². The van der Waals surface area contributed by atoms with Gasteiger partial charge in [-0.25, -0.2) is 0 Å². The van der Waals surface area contributed by atoms with Crippen molar-refractivity contribution in [3.63, 3.8) is 0 Å². The molecule has 0 bridgehead atoms. The van der Waals surface area contributed by atoms with E-state index in [1.165, 1.54) is 5.56 Å². The summed E-state index contributed by atoms with van der Waals surface area (Å²) in [5.41, 5.74) is 2.61. The standard InChI is InChI=1S/C13H11NOS/c1-2-9-5-13(16-8-9)10-3-4-12(15)11(6-10)7-14/h3-6,8,15H,2H2,1H3. The van der Waals surface area contributed by atoms with Crippen LogP contribution in [0.1, 0.15) is 18.1 Å². The van der Waals surface area contributed by atoms with E-state index in [1.54, 1.807) is 23.5 Å². The number of hydrogen-bond acceptors (Lipinski definition) is 3. The van der Waals surface area contributed by atoms with Gasteiger partial charge in [0.05, 0.1) is 5.56 Å². The zero-order valence-electron chi connectivity index (χ0n) is 8.90. The average Bonchev–Trinajstić information content (AvgIpc) is 2.78. The Balaban J connectivity index is 2.45. The number of aryl methyl sites for hydroxylation is 1. The minimum Gasteiger partial charge on any atom is -0.507 e.